The monoisotopic (exact) mass is 233 g/mol. The molecule has 12 heavy (non-hydrogen) atoms. The van der Waals surface area contributed by atoms with Crippen molar-refractivity contribution in [3.63, 3.8) is 0 Å². The lowest BCUT2D eigenvalue weighted by Crippen LogP contribution is -2.11. The van der Waals surface area contributed by atoms with Crippen LogP contribution in [0.4, 0.5) is 0 Å². The first-order valence-corrected chi connectivity index (χ1v) is 4.18. The second kappa shape index (κ2) is 3.66. The van der Waals surface area contributed by atoms with Gasteiger partial charge in [-0.25, -0.2) is 4.79 Å². The summed E-state index contributed by atoms with van der Waals surface area (Å²) in [5, 5.41) is 7.27. The highest BCUT2D eigenvalue weighted by Crippen LogP contribution is 2.06. The molecule has 0 aliphatic heterocycles. The number of halogens is 1. The van der Waals surface area contributed by atoms with Gasteiger partial charge in [0.25, 0.3) is 0 Å². The Morgan fingerprint density at radius 2 is 2.33 bits per heavy atom. The zero-order valence-corrected chi connectivity index (χ0v) is 8.33. The number of carbonyl (C=O) groups is 1. The molecule has 1 aromatic heterocycles. The van der Waals surface area contributed by atoms with Gasteiger partial charge in [-0.2, -0.15) is 0 Å². The molecular weight excluding hydrogens is 226 g/mol. The maximum Gasteiger partial charge on any atom is 0.376 e. The molecule has 0 saturated carbocycles. The van der Waals surface area contributed by atoms with Crippen LogP contribution in [-0.2, 0) is 11.8 Å². The quantitative estimate of drug-likeness (QED) is 0.708. The van der Waals surface area contributed by atoms with E-state index in [0.717, 1.165) is 0 Å². The normalized spacial score (nSPS) is 9.92. The number of ether oxygens (including phenoxy) is 1. The Balaban J connectivity index is 2.88. The van der Waals surface area contributed by atoms with Gasteiger partial charge in [0.1, 0.15) is 0 Å². The molecular formula is C6H8BrN3O2. The van der Waals surface area contributed by atoms with Gasteiger partial charge in [0.05, 0.1) is 6.61 Å². The van der Waals surface area contributed by atoms with Gasteiger partial charge in [-0.1, -0.05) is 0 Å². The molecule has 0 saturated heterocycles. The zero-order chi connectivity index (χ0) is 9.14. The van der Waals surface area contributed by atoms with Crippen molar-refractivity contribution in [3.05, 3.63) is 10.6 Å². The van der Waals surface area contributed by atoms with Crippen LogP contribution in [0.25, 0.3) is 0 Å². The van der Waals surface area contributed by atoms with Gasteiger partial charge in [-0.15, -0.1) is 10.2 Å². The number of hydrogen-bond donors (Lipinski definition) is 0. The van der Waals surface area contributed by atoms with E-state index in [1.54, 1.807) is 14.0 Å². The van der Waals surface area contributed by atoms with E-state index >= 15 is 0 Å². The maximum absolute atomic E-state index is 11.1. The van der Waals surface area contributed by atoms with Gasteiger partial charge < -0.3 is 4.74 Å². The molecule has 0 aliphatic carbocycles. The summed E-state index contributed by atoms with van der Waals surface area (Å²) >= 11 is 3.12. The number of carbonyl (C=O) groups excluding carboxylic acids is 1. The Morgan fingerprint density at radius 3 is 2.75 bits per heavy atom. The fourth-order valence-electron chi connectivity index (χ4n) is 0.684. The van der Waals surface area contributed by atoms with Crippen LogP contribution in [0.15, 0.2) is 4.73 Å². The highest BCUT2D eigenvalue weighted by Gasteiger charge is 2.15. The van der Waals surface area contributed by atoms with Gasteiger partial charge >= 0.3 is 5.97 Å². The van der Waals surface area contributed by atoms with Gasteiger partial charge in [0, 0.05) is 7.05 Å². The van der Waals surface area contributed by atoms with Crippen LogP contribution < -0.4 is 0 Å². The van der Waals surface area contributed by atoms with E-state index in [4.69, 9.17) is 4.74 Å². The Morgan fingerprint density at radius 1 is 1.67 bits per heavy atom. The summed E-state index contributed by atoms with van der Waals surface area (Å²) in [5.74, 6) is -0.262. The smallest absolute Gasteiger partial charge is 0.376 e. The second-order valence-electron chi connectivity index (χ2n) is 2.07. The average molecular weight is 234 g/mol. The van der Waals surface area contributed by atoms with E-state index in [1.807, 2.05) is 0 Å². The largest absolute Gasteiger partial charge is 0.460 e. The molecule has 0 atom stereocenters. The summed E-state index contributed by atoms with van der Waals surface area (Å²) in [6.45, 7) is 2.08. The molecule has 1 aromatic rings. The molecule has 0 aliphatic rings. The van der Waals surface area contributed by atoms with Gasteiger partial charge in [0.2, 0.25) is 5.82 Å². The van der Waals surface area contributed by atoms with E-state index in [1.165, 1.54) is 4.57 Å². The minimum Gasteiger partial charge on any atom is -0.460 e. The highest BCUT2D eigenvalue weighted by molar-refractivity contribution is 9.10. The molecule has 0 amide bonds. The molecule has 1 rings (SSSR count). The number of rotatable bonds is 2. The molecule has 0 unspecified atom stereocenters. The molecule has 0 radical (unpaired) electrons. The highest BCUT2D eigenvalue weighted by atomic mass is 79.9. The molecule has 0 spiro atoms. The van der Waals surface area contributed by atoms with Crippen molar-refractivity contribution in [2.45, 2.75) is 6.92 Å². The predicted octanol–water partition coefficient (Wildman–Crippen LogP) is 0.754. The average Bonchev–Trinajstić information content (AvgIpc) is 2.34. The standard InChI is InChI=1S/C6H8BrN3O2/c1-3-12-5(11)4-8-9-6(7)10(4)2/h3H2,1-2H3. The van der Waals surface area contributed by atoms with Crippen LogP contribution >= 0.6 is 15.9 Å². The number of aromatic nitrogens is 3. The predicted molar refractivity (Wildman–Crippen MR) is 44.7 cm³/mol. The SMILES string of the molecule is CCOC(=O)c1nnc(Br)n1C. The molecule has 66 valence electrons. The van der Waals surface area contributed by atoms with Gasteiger partial charge in [0.15, 0.2) is 4.73 Å². The Bertz CT molecular complexity index is 297. The summed E-state index contributed by atoms with van der Waals surface area (Å²) in [5.41, 5.74) is 0. The fraction of sp³-hybridized carbons (Fsp3) is 0.500. The first kappa shape index (κ1) is 9.18. The minimum absolute atomic E-state index is 0.198. The third kappa shape index (κ3) is 1.63. The minimum atomic E-state index is -0.460. The molecule has 0 aromatic carbocycles. The lowest BCUT2D eigenvalue weighted by molar-refractivity contribution is 0.0507. The van der Waals surface area contributed by atoms with Crippen molar-refractivity contribution < 1.29 is 9.53 Å². The van der Waals surface area contributed by atoms with Crippen molar-refractivity contribution in [1.29, 1.82) is 0 Å². The van der Waals surface area contributed by atoms with Gasteiger partial charge in [-0.3, -0.25) is 4.57 Å². The Kier molecular flexibility index (Phi) is 2.80. The van der Waals surface area contributed by atoms with Crippen molar-refractivity contribution in [1.82, 2.24) is 14.8 Å². The summed E-state index contributed by atoms with van der Waals surface area (Å²) in [7, 11) is 1.68. The first-order chi connectivity index (χ1) is 5.66. The topological polar surface area (TPSA) is 57.0 Å². The third-order valence-corrected chi connectivity index (χ3v) is 1.97. The number of nitrogens with zero attached hydrogens (tertiary/aromatic N) is 3. The number of esters is 1. The van der Waals surface area contributed by atoms with Crippen molar-refractivity contribution >= 4 is 21.9 Å². The molecule has 0 fully saturated rings. The van der Waals surface area contributed by atoms with Crippen molar-refractivity contribution in [2.75, 3.05) is 6.61 Å². The van der Waals surface area contributed by atoms with Crippen LogP contribution in [0.3, 0.4) is 0 Å². The summed E-state index contributed by atoms with van der Waals surface area (Å²) < 4.78 is 6.76. The first-order valence-electron chi connectivity index (χ1n) is 3.38. The van der Waals surface area contributed by atoms with Gasteiger partial charge in [-0.05, 0) is 22.9 Å². The van der Waals surface area contributed by atoms with E-state index in [0.29, 0.717) is 11.3 Å². The Labute approximate surface area is 77.9 Å². The van der Waals surface area contributed by atoms with E-state index in [-0.39, 0.29) is 5.82 Å². The number of hydrogen-bond acceptors (Lipinski definition) is 4. The van der Waals surface area contributed by atoms with Crippen LogP contribution in [0.5, 0.6) is 0 Å². The van der Waals surface area contributed by atoms with Crippen LogP contribution in [-0.4, -0.2) is 27.3 Å². The summed E-state index contributed by atoms with van der Waals surface area (Å²) in [6, 6.07) is 0. The van der Waals surface area contributed by atoms with Crippen molar-refractivity contribution in [3.8, 4) is 0 Å². The van der Waals surface area contributed by atoms with Crippen LogP contribution in [0.2, 0.25) is 0 Å². The van der Waals surface area contributed by atoms with Crippen LogP contribution in [0.1, 0.15) is 17.5 Å². The zero-order valence-electron chi connectivity index (χ0n) is 6.74. The molecule has 1 heterocycles. The van der Waals surface area contributed by atoms with Crippen LogP contribution in [0, 0.1) is 0 Å². The summed E-state index contributed by atoms with van der Waals surface area (Å²) in [6.07, 6.45) is 0. The molecule has 6 heteroatoms. The van der Waals surface area contributed by atoms with Crippen molar-refractivity contribution in [2.24, 2.45) is 7.05 Å². The molecule has 0 N–H and O–H groups in total. The second-order valence-corrected chi connectivity index (χ2v) is 2.78. The van der Waals surface area contributed by atoms with E-state index in [2.05, 4.69) is 26.1 Å². The Hall–Kier alpha value is -0.910. The third-order valence-electron chi connectivity index (χ3n) is 1.28. The molecule has 0 bridgehead atoms. The van der Waals surface area contributed by atoms with E-state index in [9.17, 15) is 4.79 Å². The maximum atomic E-state index is 11.1. The lowest BCUT2D eigenvalue weighted by atomic mass is 10.6. The summed E-state index contributed by atoms with van der Waals surface area (Å²) in [4.78, 5) is 11.1. The molecule has 5 nitrogen and oxygen atoms in total. The lowest BCUT2D eigenvalue weighted by Gasteiger charge is -1.99. The fourth-order valence-corrected chi connectivity index (χ4v) is 0.931. The van der Waals surface area contributed by atoms with E-state index < -0.39 is 5.97 Å².